The smallest absolute Gasteiger partial charge is 0.141 e. The van der Waals surface area contributed by atoms with Crippen molar-refractivity contribution in [2.24, 2.45) is 0 Å². The minimum atomic E-state index is -1.03. The van der Waals surface area contributed by atoms with Crippen molar-refractivity contribution in [3.63, 3.8) is 0 Å². The number of halogens is 3. The molecule has 3 nitrogen and oxygen atoms in total. The number of rotatable bonds is 1. The van der Waals surface area contributed by atoms with E-state index in [1.807, 2.05) is 0 Å². The Bertz CT molecular complexity index is 502. The molecule has 0 fully saturated rings. The molecular weight excluding hydrogens is 219 g/mol. The van der Waals surface area contributed by atoms with Crippen molar-refractivity contribution >= 4 is 5.82 Å². The van der Waals surface area contributed by atoms with Gasteiger partial charge in [0.1, 0.15) is 23.3 Å². The van der Waals surface area contributed by atoms with Gasteiger partial charge in [-0.15, -0.1) is 0 Å². The summed E-state index contributed by atoms with van der Waals surface area (Å²) in [5.41, 5.74) is 4.82. The van der Waals surface area contributed by atoms with Gasteiger partial charge in [-0.1, -0.05) is 0 Å². The third-order valence-electron chi connectivity index (χ3n) is 1.93. The van der Waals surface area contributed by atoms with Crippen molar-refractivity contribution < 1.29 is 13.2 Å². The molecule has 0 amide bonds. The first-order valence-corrected chi connectivity index (χ1v) is 4.30. The average Bonchev–Trinajstić information content (AvgIpc) is 2.19. The van der Waals surface area contributed by atoms with Crippen LogP contribution < -0.4 is 5.73 Å². The number of nitrogens with two attached hydrogens (primary N) is 1. The summed E-state index contributed by atoms with van der Waals surface area (Å²) in [6.07, 6.45) is 2.28. The Morgan fingerprint density at radius 3 is 2.06 bits per heavy atom. The molecule has 0 aliphatic heterocycles. The largest absolute Gasteiger partial charge is 0.382 e. The number of hydrogen-bond donors (Lipinski definition) is 1. The van der Waals surface area contributed by atoms with Crippen LogP contribution in [0.15, 0.2) is 24.5 Å². The Labute approximate surface area is 88.8 Å². The zero-order chi connectivity index (χ0) is 11.7. The van der Waals surface area contributed by atoms with Gasteiger partial charge in [0.15, 0.2) is 0 Å². The molecule has 6 heteroatoms. The second-order valence-electron chi connectivity index (χ2n) is 3.07. The van der Waals surface area contributed by atoms with Crippen LogP contribution in [0.5, 0.6) is 0 Å². The summed E-state index contributed by atoms with van der Waals surface area (Å²) >= 11 is 0. The molecule has 0 unspecified atom stereocenters. The molecule has 0 aliphatic carbocycles. The van der Waals surface area contributed by atoms with Crippen LogP contribution >= 0.6 is 0 Å². The van der Waals surface area contributed by atoms with E-state index in [-0.39, 0.29) is 11.5 Å². The molecule has 16 heavy (non-hydrogen) atoms. The quantitative estimate of drug-likeness (QED) is 0.808. The highest BCUT2D eigenvalue weighted by Gasteiger charge is 2.14. The average molecular weight is 225 g/mol. The third kappa shape index (κ3) is 1.81. The van der Waals surface area contributed by atoms with E-state index in [9.17, 15) is 13.2 Å². The molecule has 1 aromatic heterocycles. The molecule has 0 spiro atoms. The van der Waals surface area contributed by atoms with Gasteiger partial charge in [0.05, 0.1) is 23.7 Å². The van der Waals surface area contributed by atoms with E-state index in [0.29, 0.717) is 12.1 Å². The number of aromatic nitrogens is 2. The zero-order valence-corrected chi connectivity index (χ0v) is 7.92. The second kappa shape index (κ2) is 3.80. The standard InChI is InChI=1S/C10H6F3N3/c11-5-1-6(12)10(7(13)2-5)8-3-16-9(14)4-15-8/h1-4H,(H2,14,16). The summed E-state index contributed by atoms with van der Waals surface area (Å²) in [7, 11) is 0. The van der Waals surface area contributed by atoms with Gasteiger partial charge in [0.2, 0.25) is 0 Å². The van der Waals surface area contributed by atoms with E-state index in [4.69, 9.17) is 5.73 Å². The monoisotopic (exact) mass is 225 g/mol. The van der Waals surface area contributed by atoms with Crippen molar-refractivity contribution in [2.45, 2.75) is 0 Å². The molecule has 0 saturated carbocycles. The highest BCUT2D eigenvalue weighted by atomic mass is 19.1. The number of hydrogen-bond acceptors (Lipinski definition) is 3. The normalized spacial score (nSPS) is 10.4. The number of anilines is 1. The van der Waals surface area contributed by atoms with Crippen molar-refractivity contribution in [1.82, 2.24) is 9.97 Å². The van der Waals surface area contributed by atoms with Crippen molar-refractivity contribution in [2.75, 3.05) is 5.73 Å². The van der Waals surface area contributed by atoms with Crippen molar-refractivity contribution in [1.29, 1.82) is 0 Å². The zero-order valence-electron chi connectivity index (χ0n) is 7.92. The third-order valence-corrected chi connectivity index (χ3v) is 1.93. The van der Waals surface area contributed by atoms with E-state index in [1.165, 1.54) is 0 Å². The summed E-state index contributed by atoms with van der Waals surface area (Å²) in [5, 5.41) is 0. The van der Waals surface area contributed by atoms with Crippen LogP contribution in [0.1, 0.15) is 0 Å². The fourth-order valence-electron chi connectivity index (χ4n) is 1.25. The molecule has 0 atom stereocenters. The maximum Gasteiger partial charge on any atom is 0.141 e. The van der Waals surface area contributed by atoms with Crippen LogP contribution in [-0.2, 0) is 0 Å². The van der Waals surface area contributed by atoms with Crippen molar-refractivity contribution in [3.05, 3.63) is 42.0 Å². The number of benzene rings is 1. The molecular formula is C10H6F3N3. The van der Waals surface area contributed by atoms with Crippen LogP contribution in [0.3, 0.4) is 0 Å². The molecule has 82 valence electrons. The minimum absolute atomic E-state index is 0.0378. The molecule has 2 aromatic rings. The Morgan fingerprint density at radius 1 is 0.938 bits per heavy atom. The van der Waals surface area contributed by atoms with Gasteiger partial charge in [-0.25, -0.2) is 18.2 Å². The first-order chi connectivity index (χ1) is 7.58. The lowest BCUT2D eigenvalue weighted by Crippen LogP contribution is -1.97. The molecule has 0 saturated heterocycles. The van der Waals surface area contributed by atoms with Gasteiger partial charge in [0.25, 0.3) is 0 Å². The van der Waals surface area contributed by atoms with Gasteiger partial charge in [-0.2, -0.15) is 0 Å². The van der Waals surface area contributed by atoms with Gasteiger partial charge in [0, 0.05) is 12.1 Å². The molecule has 0 bridgehead atoms. The van der Waals surface area contributed by atoms with E-state index in [1.54, 1.807) is 0 Å². The topological polar surface area (TPSA) is 51.8 Å². The Hall–Kier alpha value is -2.11. The molecule has 0 radical (unpaired) electrons. The lowest BCUT2D eigenvalue weighted by atomic mass is 10.1. The van der Waals surface area contributed by atoms with E-state index in [0.717, 1.165) is 12.4 Å². The van der Waals surface area contributed by atoms with Crippen LogP contribution in [0, 0.1) is 17.5 Å². The second-order valence-corrected chi connectivity index (χ2v) is 3.07. The summed E-state index contributed by atoms with van der Waals surface area (Å²) in [5.74, 6) is -2.91. The molecule has 1 aromatic carbocycles. The Balaban J connectivity index is 2.60. The predicted molar refractivity (Wildman–Crippen MR) is 51.8 cm³/mol. The Morgan fingerprint density at radius 2 is 1.56 bits per heavy atom. The number of nitrogen functional groups attached to an aromatic ring is 1. The fourth-order valence-corrected chi connectivity index (χ4v) is 1.25. The van der Waals surface area contributed by atoms with Gasteiger partial charge in [-0.3, -0.25) is 4.98 Å². The highest BCUT2D eigenvalue weighted by Crippen LogP contribution is 2.24. The molecule has 2 rings (SSSR count). The van der Waals surface area contributed by atoms with Crippen LogP contribution in [0.4, 0.5) is 19.0 Å². The minimum Gasteiger partial charge on any atom is -0.382 e. The van der Waals surface area contributed by atoms with E-state index in [2.05, 4.69) is 9.97 Å². The fraction of sp³-hybridized carbons (Fsp3) is 0. The highest BCUT2D eigenvalue weighted by molar-refractivity contribution is 5.60. The van der Waals surface area contributed by atoms with Crippen molar-refractivity contribution in [3.8, 4) is 11.3 Å². The maximum absolute atomic E-state index is 13.3. The van der Waals surface area contributed by atoms with Gasteiger partial charge in [-0.05, 0) is 0 Å². The summed E-state index contributed by atoms with van der Waals surface area (Å²) in [6, 6.07) is 1.16. The summed E-state index contributed by atoms with van der Waals surface area (Å²) in [6.45, 7) is 0. The van der Waals surface area contributed by atoms with Crippen LogP contribution in [0.25, 0.3) is 11.3 Å². The first-order valence-electron chi connectivity index (χ1n) is 4.30. The van der Waals surface area contributed by atoms with Crippen LogP contribution in [-0.4, -0.2) is 9.97 Å². The maximum atomic E-state index is 13.3. The predicted octanol–water partition coefficient (Wildman–Crippen LogP) is 2.14. The summed E-state index contributed by atoms with van der Waals surface area (Å²) < 4.78 is 39.3. The number of nitrogens with zero attached hydrogens (tertiary/aromatic N) is 2. The lowest BCUT2D eigenvalue weighted by Gasteiger charge is -2.04. The van der Waals surface area contributed by atoms with Gasteiger partial charge >= 0.3 is 0 Å². The van der Waals surface area contributed by atoms with E-state index < -0.39 is 23.0 Å². The van der Waals surface area contributed by atoms with Gasteiger partial charge < -0.3 is 5.73 Å². The first kappa shape index (κ1) is 10.4. The molecule has 2 N–H and O–H groups in total. The molecule has 0 aliphatic rings. The SMILES string of the molecule is Nc1cnc(-c2c(F)cc(F)cc2F)cn1. The molecule has 1 heterocycles. The van der Waals surface area contributed by atoms with Crippen LogP contribution in [0.2, 0.25) is 0 Å². The van der Waals surface area contributed by atoms with E-state index >= 15 is 0 Å². The Kier molecular flexibility index (Phi) is 2.47. The summed E-state index contributed by atoms with van der Waals surface area (Å²) in [4.78, 5) is 7.36. The lowest BCUT2D eigenvalue weighted by molar-refractivity contribution is 0.547.